The number of pyridine rings is 1. The van der Waals surface area contributed by atoms with Gasteiger partial charge in [0.25, 0.3) is 5.91 Å². The predicted octanol–water partition coefficient (Wildman–Crippen LogP) is 1.20. The van der Waals surface area contributed by atoms with E-state index >= 15 is 0 Å². The first-order valence-electron chi connectivity index (χ1n) is 8.63. The number of hydrogen-bond acceptors (Lipinski definition) is 6. The van der Waals surface area contributed by atoms with Crippen LogP contribution in [0.1, 0.15) is 19.4 Å². The number of carbonyl (C=O) groups excluding carboxylic acids is 1. The standard InChI is InChI=1S/C19H22N4O3/c1-12(24)9-22-19(25)17-11-23(10-13(2)26-17)16-6-5-14(8-20)18-15(16)4-3-7-21-18/h3-7,12-13,17,24H,9-11H2,1-2H3,(H,22,25)/t12-,13-,17-/m1/s1. The van der Waals surface area contributed by atoms with Crippen LogP contribution >= 0.6 is 0 Å². The van der Waals surface area contributed by atoms with Gasteiger partial charge >= 0.3 is 0 Å². The van der Waals surface area contributed by atoms with Crippen molar-refractivity contribution in [1.82, 2.24) is 10.3 Å². The van der Waals surface area contributed by atoms with E-state index in [1.165, 1.54) is 0 Å². The molecule has 0 saturated carbocycles. The second-order valence-electron chi connectivity index (χ2n) is 6.58. The largest absolute Gasteiger partial charge is 0.392 e. The van der Waals surface area contributed by atoms with Crippen LogP contribution in [-0.4, -0.2) is 53.9 Å². The Labute approximate surface area is 152 Å². The Bertz CT molecular complexity index is 846. The number of rotatable bonds is 4. The van der Waals surface area contributed by atoms with Gasteiger partial charge in [-0.15, -0.1) is 0 Å². The molecule has 26 heavy (non-hydrogen) atoms. The zero-order valence-electron chi connectivity index (χ0n) is 14.8. The Morgan fingerprint density at radius 2 is 2.31 bits per heavy atom. The van der Waals surface area contributed by atoms with Gasteiger partial charge in [0.2, 0.25) is 0 Å². The third kappa shape index (κ3) is 3.77. The average Bonchev–Trinajstić information content (AvgIpc) is 2.64. The Kier molecular flexibility index (Phi) is 5.35. The molecule has 1 aliphatic heterocycles. The van der Waals surface area contributed by atoms with E-state index in [-0.39, 0.29) is 18.6 Å². The molecule has 2 N–H and O–H groups in total. The van der Waals surface area contributed by atoms with Crippen LogP contribution in [0, 0.1) is 11.3 Å². The zero-order chi connectivity index (χ0) is 18.7. The van der Waals surface area contributed by atoms with Crippen molar-refractivity contribution >= 4 is 22.5 Å². The number of nitrogens with zero attached hydrogens (tertiary/aromatic N) is 3. The lowest BCUT2D eigenvalue weighted by Crippen LogP contribution is -2.53. The lowest BCUT2D eigenvalue weighted by atomic mass is 10.1. The number of carbonyl (C=O) groups is 1. The molecule has 0 aliphatic carbocycles. The van der Waals surface area contributed by atoms with Crippen LogP contribution in [0.2, 0.25) is 0 Å². The second-order valence-corrected chi connectivity index (χ2v) is 6.58. The molecule has 1 saturated heterocycles. The number of aliphatic hydroxyl groups is 1. The summed E-state index contributed by atoms with van der Waals surface area (Å²) in [5.74, 6) is -0.237. The van der Waals surface area contributed by atoms with Crippen LogP contribution in [-0.2, 0) is 9.53 Å². The zero-order valence-corrected chi connectivity index (χ0v) is 14.8. The molecule has 136 valence electrons. The number of nitrogens with one attached hydrogen (secondary N) is 1. The number of anilines is 1. The number of hydrogen-bond donors (Lipinski definition) is 2. The van der Waals surface area contributed by atoms with Crippen LogP contribution in [0.25, 0.3) is 10.9 Å². The van der Waals surface area contributed by atoms with Crippen molar-refractivity contribution in [3.05, 3.63) is 36.0 Å². The molecule has 0 bridgehead atoms. The summed E-state index contributed by atoms with van der Waals surface area (Å²) in [4.78, 5) is 18.8. The molecule has 0 spiro atoms. The highest BCUT2D eigenvalue weighted by molar-refractivity contribution is 5.95. The molecular weight excluding hydrogens is 332 g/mol. The summed E-state index contributed by atoms with van der Waals surface area (Å²) in [7, 11) is 0. The van der Waals surface area contributed by atoms with E-state index in [0.717, 1.165) is 11.1 Å². The Morgan fingerprint density at radius 1 is 1.50 bits per heavy atom. The van der Waals surface area contributed by atoms with Gasteiger partial charge in [0.1, 0.15) is 6.07 Å². The quantitative estimate of drug-likeness (QED) is 0.856. The number of ether oxygens (including phenoxy) is 1. The molecule has 3 rings (SSSR count). The lowest BCUT2D eigenvalue weighted by Gasteiger charge is -2.38. The van der Waals surface area contributed by atoms with Gasteiger partial charge in [-0.1, -0.05) is 0 Å². The van der Waals surface area contributed by atoms with Crippen molar-refractivity contribution in [1.29, 1.82) is 5.26 Å². The maximum Gasteiger partial charge on any atom is 0.251 e. The van der Waals surface area contributed by atoms with E-state index in [1.54, 1.807) is 19.2 Å². The number of benzene rings is 1. The molecule has 1 fully saturated rings. The highest BCUT2D eigenvalue weighted by atomic mass is 16.5. The molecular formula is C19H22N4O3. The fourth-order valence-electron chi connectivity index (χ4n) is 3.18. The minimum atomic E-state index is -0.625. The molecule has 1 aliphatic rings. The minimum absolute atomic E-state index is 0.131. The summed E-state index contributed by atoms with van der Waals surface area (Å²) in [5, 5.41) is 22.2. The number of amides is 1. The third-order valence-corrected chi connectivity index (χ3v) is 4.33. The highest BCUT2D eigenvalue weighted by Gasteiger charge is 2.31. The molecule has 2 aromatic rings. The topological polar surface area (TPSA) is 98.5 Å². The van der Waals surface area contributed by atoms with E-state index in [9.17, 15) is 15.2 Å². The number of fused-ring (bicyclic) bond motifs is 1. The smallest absolute Gasteiger partial charge is 0.251 e. The summed E-state index contributed by atoms with van der Waals surface area (Å²) >= 11 is 0. The van der Waals surface area contributed by atoms with E-state index in [4.69, 9.17) is 4.74 Å². The van der Waals surface area contributed by atoms with Crippen LogP contribution < -0.4 is 10.2 Å². The average molecular weight is 354 g/mol. The van der Waals surface area contributed by atoms with Crippen LogP contribution in [0.15, 0.2) is 30.5 Å². The van der Waals surface area contributed by atoms with Crippen LogP contribution in [0.5, 0.6) is 0 Å². The highest BCUT2D eigenvalue weighted by Crippen LogP contribution is 2.30. The van der Waals surface area contributed by atoms with Gasteiger partial charge in [-0.05, 0) is 38.1 Å². The first-order chi connectivity index (χ1) is 12.5. The van der Waals surface area contributed by atoms with Gasteiger partial charge in [0, 0.05) is 30.4 Å². The third-order valence-electron chi connectivity index (χ3n) is 4.33. The van der Waals surface area contributed by atoms with Crippen LogP contribution in [0.3, 0.4) is 0 Å². The van der Waals surface area contributed by atoms with E-state index in [1.807, 2.05) is 25.1 Å². The molecule has 7 heteroatoms. The molecule has 1 amide bonds. The van der Waals surface area contributed by atoms with Crippen molar-refractivity contribution in [3.8, 4) is 6.07 Å². The lowest BCUT2D eigenvalue weighted by molar-refractivity contribution is -0.137. The van der Waals surface area contributed by atoms with E-state index < -0.39 is 12.2 Å². The van der Waals surface area contributed by atoms with Gasteiger partial charge in [0.05, 0.1) is 29.8 Å². The molecule has 1 aromatic heterocycles. The first-order valence-corrected chi connectivity index (χ1v) is 8.63. The van der Waals surface area contributed by atoms with Crippen molar-refractivity contribution in [3.63, 3.8) is 0 Å². The van der Waals surface area contributed by atoms with Gasteiger partial charge in [-0.3, -0.25) is 9.78 Å². The fraction of sp³-hybridized carbons (Fsp3) is 0.421. The molecule has 0 unspecified atom stereocenters. The summed E-state index contributed by atoms with van der Waals surface area (Å²) in [5.41, 5.74) is 2.11. The predicted molar refractivity (Wildman–Crippen MR) is 97.7 cm³/mol. The van der Waals surface area contributed by atoms with Crippen molar-refractivity contribution < 1.29 is 14.6 Å². The Morgan fingerprint density at radius 3 is 3.04 bits per heavy atom. The molecule has 1 aromatic carbocycles. The minimum Gasteiger partial charge on any atom is -0.392 e. The molecule has 0 radical (unpaired) electrons. The van der Waals surface area contributed by atoms with Crippen LogP contribution in [0.4, 0.5) is 5.69 Å². The maximum atomic E-state index is 12.4. The van der Waals surface area contributed by atoms with Crippen molar-refractivity contribution in [2.75, 3.05) is 24.5 Å². The van der Waals surface area contributed by atoms with Gasteiger partial charge in [-0.2, -0.15) is 5.26 Å². The second kappa shape index (κ2) is 7.68. The Balaban J connectivity index is 1.88. The van der Waals surface area contributed by atoms with E-state index in [2.05, 4.69) is 21.3 Å². The Hall–Kier alpha value is -2.69. The number of aromatic nitrogens is 1. The molecule has 2 heterocycles. The normalized spacial score (nSPS) is 21.2. The molecule has 7 nitrogen and oxygen atoms in total. The number of nitriles is 1. The number of aliphatic hydroxyl groups excluding tert-OH is 1. The molecule has 3 atom stereocenters. The van der Waals surface area contributed by atoms with Crippen molar-refractivity contribution in [2.24, 2.45) is 0 Å². The van der Waals surface area contributed by atoms with Gasteiger partial charge in [0.15, 0.2) is 6.10 Å². The fourth-order valence-corrected chi connectivity index (χ4v) is 3.18. The monoisotopic (exact) mass is 354 g/mol. The first kappa shape index (κ1) is 18.1. The maximum absolute atomic E-state index is 12.4. The van der Waals surface area contributed by atoms with Gasteiger partial charge < -0.3 is 20.1 Å². The van der Waals surface area contributed by atoms with Crippen molar-refractivity contribution in [2.45, 2.75) is 32.2 Å². The number of morpholine rings is 1. The summed E-state index contributed by atoms with van der Waals surface area (Å²) in [6.45, 7) is 4.76. The van der Waals surface area contributed by atoms with E-state index in [0.29, 0.717) is 24.2 Å². The summed E-state index contributed by atoms with van der Waals surface area (Å²) in [6.07, 6.45) is 0.305. The summed E-state index contributed by atoms with van der Waals surface area (Å²) in [6, 6.07) is 9.59. The van der Waals surface area contributed by atoms with Gasteiger partial charge in [-0.25, -0.2) is 0 Å². The SMILES string of the molecule is C[C@@H]1CN(c2ccc(C#N)c3ncccc23)C[C@H](C(=O)NC[C@@H](C)O)O1. The summed E-state index contributed by atoms with van der Waals surface area (Å²) < 4.78 is 5.79.